The first-order chi connectivity index (χ1) is 14.3. The highest BCUT2D eigenvalue weighted by Gasteiger charge is 2.21. The first-order valence-electron chi connectivity index (χ1n) is 9.35. The van der Waals surface area contributed by atoms with Crippen LogP contribution in [0.3, 0.4) is 0 Å². The van der Waals surface area contributed by atoms with Gasteiger partial charge in [-0.3, -0.25) is 14.7 Å². The number of nitrogens with one attached hydrogen (secondary N) is 1. The molecule has 1 aliphatic rings. The number of rotatable bonds is 4. The molecule has 7 nitrogen and oxygen atoms in total. The molecule has 0 bridgehead atoms. The van der Waals surface area contributed by atoms with Gasteiger partial charge in [0.2, 0.25) is 0 Å². The van der Waals surface area contributed by atoms with Crippen molar-refractivity contribution in [3.63, 3.8) is 0 Å². The molecule has 0 unspecified atom stereocenters. The summed E-state index contributed by atoms with van der Waals surface area (Å²) in [7, 11) is 0. The predicted octanol–water partition coefficient (Wildman–Crippen LogP) is 2.91. The highest BCUT2D eigenvalue weighted by Crippen LogP contribution is 2.23. The summed E-state index contributed by atoms with van der Waals surface area (Å²) < 4.78 is 0. The van der Waals surface area contributed by atoms with E-state index in [-0.39, 0.29) is 5.56 Å². The van der Waals surface area contributed by atoms with E-state index in [0.717, 1.165) is 42.0 Å². The minimum absolute atomic E-state index is 0.0929. The molecular weight excluding hydrogens is 384 g/mol. The molecule has 1 aliphatic heterocycles. The van der Waals surface area contributed by atoms with Crippen molar-refractivity contribution in [2.45, 2.75) is 19.5 Å². The SMILES string of the molecule is O=c1[nH]c(-c2cncnc2)nc2c1CN(Cc1ccc(-c3cccs3)nc1)CC2. The van der Waals surface area contributed by atoms with Gasteiger partial charge in [-0.15, -0.1) is 11.3 Å². The standard InChI is InChI=1S/C21H18N6OS/c28-21-16-12-27(11-14-3-4-18(24-8-14)19-2-1-7-29-19)6-5-17(16)25-20(26-21)15-9-22-13-23-10-15/h1-4,7-10,13H,5-6,11-12H2,(H,25,26,28). The highest BCUT2D eigenvalue weighted by molar-refractivity contribution is 7.13. The molecule has 4 aromatic heterocycles. The van der Waals surface area contributed by atoms with E-state index in [0.29, 0.717) is 17.9 Å². The zero-order valence-corrected chi connectivity index (χ0v) is 16.4. The number of nitrogens with zero attached hydrogens (tertiary/aromatic N) is 5. The zero-order chi connectivity index (χ0) is 19.6. The summed E-state index contributed by atoms with van der Waals surface area (Å²) in [5.41, 5.74) is 4.34. The molecule has 0 aromatic carbocycles. The smallest absolute Gasteiger partial charge is 0.255 e. The van der Waals surface area contributed by atoms with E-state index in [1.165, 1.54) is 11.2 Å². The lowest BCUT2D eigenvalue weighted by molar-refractivity contribution is 0.241. The molecule has 5 heterocycles. The van der Waals surface area contributed by atoms with Crippen molar-refractivity contribution in [1.29, 1.82) is 0 Å². The van der Waals surface area contributed by atoms with Gasteiger partial charge in [-0.1, -0.05) is 12.1 Å². The number of aromatic amines is 1. The third-order valence-corrected chi connectivity index (χ3v) is 5.88. The van der Waals surface area contributed by atoms with Crippen LogP contribution in [0, 0.1) is 0 Å². The van der Waals surface area contributed by atoms with Crippen molar-refractivity contribution in [3.8, 4) is 22.0 Å². The largest absolute Gasteiger partial charge is 0.306 e. The van der Waals surface area contributed by atoms with Gasteiger partial charge in [-0.25, -0.2) is 15.0 Å². The Labute approximate surface area is 171 Å². The number of fused-ring (bicyclic) bond motifs is 1. The maximum absolute atomic E-state index is 12.7. The molecular formula is C21H18N6OS. The Hall–Kier alpha value is -3.23. The first kappa shape index (κ1) is 17.8. The van der Waals surface area contributed by atoms with Crippen LogP contribution in [-0.4, -0.2) is 36.4 Å². The van der Waals surface area contributed by atoms with Crippen molar-refractivity contribution < 1.29 is 0 Å². The van der Waals surface area contributed by atoms with E-state index in [2.05, 4.69) is 53.4 Å². The number of aromatic nitrogens is 5. The molecule has 0 radical (unpaired) electrons. The minimum Gasteiger partial charge on any atom is -0.306 e. The Balaban J connectivity index is 1.33. The Morgan fingerprint density at radius 1 is 1.14 bits per heavy atom. The van der Waals surface area contributed by atoms with Crippen molar-refractivity contribution in [2.24, 2.45) is 0 Å². The fourth-order valence-electron chi connectivity index (χ4n) is 3.52. The molecule has 0 saturated carbocycles. The number of hydrogen-bond acceptors (Lipinski definition) is 7. The highest BCUT2D eigenvalue weighted by atomic mass is 32.1. The van der Waals surface area contributed by atoms with Crippen LogP contribution in [0.5, 0.6) is 0 Å². The monoisotopic (exact) mass is 402 g/mol. The lowest BCUT2D eigenvalue weighted by Crippen LogP contribution is -2.35. The van der Waals surface area contributed by atoms with Gasteiger partial charge in [0, 0.05) is 44.6 Å². The van der Waals surface area contributed by atoms with Gasteiger partial charge in [0.05, 0.1) is 27.4 Å². The fraction of sp³-hybridized carbons (Fsp3) is 0.190. The second kappa shape index (κ2) is 7.65. The summed E-state index contributed by atoms with van der Waals surface area (Å²) in [6.45, 7) is 2.18. The second-order valence-corrected chi connectivity index (χ2v) is 7.90. The zero-order valence-electron chi connectivity index (χ0n) is 15.6. The summed E-state index contributed by atoms with van der Waals surface area (Å²) >= 11 is 1.69. The topological polar surface area (TPSA) is 87.7 Å². The fourth-order valence-corrected chi connectivity index (χ4v) is 4.22. The van der Waals surface area contributed by atoms with Crippen LogP contribution in [0.1, 0.15) is 16.8 Å². The van der Waals surface area contributed by atoms with Gasteiger partial charge >= 0.3 is 0 Å². The number of thiophene rings is 1. The Morgan fingerprint density at radius 3 is 2.79 bits per heavy atom. The van der Waals surface area contributed by atoms with Crippen LogP contribution >= 0.6 is 11.3 Å². The molecule has 144 valence electrons. The van der Waals surface area contributed by atoms with Crippen LogP contribution in [-0.2, 0) is 19.5 Å². The van der Waals surface area contributed by atoms with Crippen molar-refractivity contribution in [1.82, 2.24) is 29.8 Å². The molecule has 5 rings (SSSR count). The molecule has 29 heavy (non-hydrogen) atoms. The molecule has 0 saturated heterocycles. The quantitative estimate of drug-likeness (QED) is 0.565. The average Bonchev–Trinajstić information content (AvgIpc) is 3.30. The van der Waals surface area contributed by atoms with Crippen LogP contribution in [0.2, 0.25) is 0 Å². The van der Waals surface area contributed by atoms with Gasteiger partial charge < -0.3 is 4.98 Å². The third kappa shape index (κ3) is 3.72. The van der Waals surface area contributed by atoms with Crippen LogP contribution in [0.15, 0.2) is 59.4 Å². The van der Waals surface area contributed by atoms with Gasteiger partial charge in [-0.2, -0.15) is 0 Å². The van der Waals surface area contributed by atoms with Gasteiger partial charge in [0.1, 0.15) is 12.2 Å². The number of hydrogen-bond donors (Lipinski definition) is 1. The van der Waals surface area contributed by atoms with Crippen LogP contribution < -0.4 is 5.56 Å². The lowest BCUT2D eigenvalue weighted by Gasteiger charge is -2.27. The predicted molar refractivity (Wildman–Crippen MR) is 111 cm³/mol. The summed E-state index contributed by atoms with van der Waals surface area (Å²) in [5.74, 6) is 0.524. The number of pyridine rings is 1. The summed E-state index contributed by atoms with van der Waals surface area (Å²) in [6.07, 6.45) is 7.42. The Morgan fingerprint density at radius 2 is 2.03 bits per heavy atom. The van der Waals surface area contributed by atoms with E-state index in [4.69, 9.17) is 0 Å². The Kier molecular flexibility index (Phi) is 4.71. The summed E-state index contributed by atoms with van der Waals surface area (Å²) in [5, 5.41) is 2.05. The van der Waals surface area contributed by atoms with Crippen LogP contribution in [0.4, 0.5) is 0 Å². The van der Waals surface area contributed by atoms with E-state index >= 15 is 0 Å². The normalized spacial score (nSPS) is 13.9. The van der Waals surface area contributed by atoms with Gasteiger partial charge in [-0.05, 0) is 23.1 Å². The third-order valence-electron chi connectivity index (χ3n) is 4.99. The van der Waals surface area contributed by atoms with Crippen LogP contribution in [0.25, 0.3) is 22.0 Å². The summed E-state index contributed by atoms with van der Waals surface area (Å²) in [4.78, 5) is 36.2. The molecule has 1 N–H and O–H groups in total. The molecule has 4 aromatic rings. The van der Waals surface area contributed by atoms with E-state index in [1.54, 1.807) is 23.7 Å². The molecule has 0 atom stereocenters. The van der Waals surface area contributed by atoms with E-state index in [1.807, 2.05) is 12.3 Å². The van der Waals surface area contributed by atoms with Gasteiger partial charge in [0.15, 0.2) is 0 Å². The summed E-state index contributed by atoms with van der Waals surface area (Å²) in [6, 6.07) is 8.27. The average molecular weight is 402 g/mol. The minimum atomic E-state index is -0.0929. The second-order valence-electron chi connectivity index (χ2n) is 6.96. The lowest BCUT2D eigenvalue weighted by atomic mass is 10.1. The molecule has 0 spiro atoms. The Bertz CT molecular complexity index is 1170. The maximum Gasteiger partial charge on any atom is 0.255 e. The maximum atomic E-state index is 12.7. The number of H-pyrrole nitrogens is 1. The molecule has 8 heteroatoms. The van der Waals surface area contributed by atoms with E-state index in [9.17, 15) is 4.79 Å². The van der Waals surface area contributed by atoms with Crippen molar-refractivity contribution in [2.75, 3.05) is 6.54 Å². The molecule has 0 amide bonds. The molecule has 0 aliphatic carbocycles. The van der Waals surface area contributed by atoms with Crippen molar-refractivity contribution in [3.05, 3.63) is 81.7 Å². The van der Waals surface area contributed by atoms with E-state index < -0.39 is 0 Å². The van der Waals surface area contributed by atoms with Crippen molar-refractivity contribution >= 4 is 11.3 Å². The van der Waals surface area contributed by atoms with Gasteiger partial charge in [0.25, 0.3) is 5.56 Å². The molecule has 0 fully saturated rings. The first-order valence-corrected chi connectivity index (χ1v) is 10.2.